The zero-order valence-corrected chi connectivity index (χ0v) is 11.1. The van der Waals surface area contributed by atoms with Crippen LogP contribution in [0.2, 0.25) is 0 Å². The molecule has 0 atom stereocenters. The van der Waals surface area contributed by atoms with Gasteiger partial charge in [0.05, 0.1) is 30.4 Å². The van der Waals surface area contributed by atoms with E-state index in [-0.39, 0.29) is 5.69 Å². The molecule has 0 radical (unpaired) electrons. The number of aromatic nitrogens is 5. The third-order valence-electron chi connectivity index (χ3n) is 2.90. The van der Waals surface area contributed by atoms with Gasteiger partial charge in [0.1, 0.15) is 23.2 Å². The van der Waals surface area contributed by atoms with E-state index in [9.17, 15) is 0 Å². The number of hydrogen-bond donors (Lipinski definition) is 2. The van der Waals surface area contributed by atoms with E-state index in [4.69, 9.17) is 11.0 Å². The van der Waals surface area contributed by atoms with Crippen LogP contribution in [-0.4, -0.2) is 31.0 Å². The van der Waals surface area contributed by atoms with Crippen LogP contribution < -0.4 is 11.1 Å². The zero-order chi connectivity index (χ0) is 14.7. The van der Waals surface area contributed by atoms with Crippen molar-refractivity contribution in [1.82, 2.24) is 24.5 Å². The molecule has 0 unspecified atom stereocenters. The summed E-state index contributed by atoms with van der Waals surface area (Å²) in [5, 5.41) is 11.7. The molecule has 8 nitrogen and oxygen atoms in total. The molecule has 0 saturated carbocycles. The Morgan fingerprint density at radius 1 is 1.14 bits per heavy atom. The van der Waals surface area contributed by atoms with E-state index in [1.165, 1.54) is 12.4 Å². The third-order valence-corrected chi connectivity index (χ3v) is 2.90. The fourth-order valence-corrected chi connectivity index (χ4v) is 1.93. The van der Waals surface area contributed by atoms with Gasteiger partial charge >= 0.3 is 0 Å². The number of fused-ring (bicyclic) bond motifs is 1. The Morgan fingerprint density at radius 3 is 2.71 bits per heavy atom. The van der Waals surface area contributed by atoms with Crippen molar-refractivity contribution in [2.75, 3.05) is 11.9 Å². The van der Waals surface area contributed by atoms with Crippen LogP contribution in [0.5, 0.6) is 0 Å². The van der Waals surface area contributed by atoms with E-state index in [0.29, 0.717) is 24.7 Å². The summed E-state index contributed by atoms with van der Waals surface area (Å²) in [6.45, 7) is 1.23. The second-order valence-electron chi connectivity index (χ2n) is 4.31. The highest BCUT2D eigenvalue weighted by atomic mass is 15.1. The van der Waals surface area contributed by atoms with Crippen LogP contribution >= 0.6 is 0 Å². The fraction of sp³-hybridized carbons (Fsp3) is 0.154. The number of nitrogens with two attached hydrogens (primary N) is 1. The maximum Gasteiger partial charge on any atom is 0.158 e. The molecular formula is C13H12N8. The van der Waals surface area contributed by atoms with Crippen molar-refractivity contribution >= 4 is 22.7 Å². The van der Waals surface area contributed by atoms with E-state index in [1.807, 2.05) is 16.7 Å². The number of nitrogens with one attached hydrogen (secondary N) is 1. The van der Waals surface area contributed by atoms with Gasteiger partial charge in [0.2, 0.25) is 0 Å². The van der Waals surface area contributed by atoms with Gasteiger partial charge in [-0.3, -0.25) is 0 Å². The molecule has 3 aromatic heterocycles. The summed E-state index contributed by atoms with van der Waals surface area (Å²) >= 11 is 0. The Morgan fingerprint density at radius 2 is 2.00 bits per heavy atom. The SMILES string of the molecule is N#Cc1cnc(Nc2cc3c(cn2)ncn3CCN)cn1. The highest BCUT2D eigenvalue weighted by molar-refractivity contribution is 5.78. The van der Waals surface area contributed by atoms with Gasteiger partial charge in [0, 0.05) is 19.2 Å². The van der Waals surface area contributed by atoms with Crippen molar-refractivity contribution in [3.8, 4) is 6.07 Å². The highest BCUT2D eigenvalue weighted by Crippen LogP contribution is 2.18. The number of hydrogen-bond acceptors (Lipinski definition) is 7. The number of imidazole rings is 1. The van der Waals surface area contributed by atoms with Crippen molar-refractivity contribution in [3.05, 3.63) is 36.7 Å². The first-order valence-electron chi connectivity index (χ1n) is 6.30. The van der Waals surface area contributed by atoms with Crippen LogP contribution in [0.15, 0.2) is 31.0 Å². The minimum atomic E-state index is 0.269. The summed E-state index contributed by atoms with van der Waals surface area (Å²) in [5.74, 6) is 1.14. The van der Waals surface area contributed by atoms with Crippen LogP contribution in [0.25, 0.3) is 11.0 Å². The average molecular weight is 280 g/mol. The van der Waals surface area contributed by atoms with Gasteiger partial charge in [-0.2, -0.15) is 5.26 Å². The lowest BCUT2D eigenvalue weighted by Crippen LogP contribution is -2.08. The average Bonchev–Trinajstić information content (AvgIpc) is 2.91. The minimum Gasteiger partial charge on any atom is -0.329 e. The Bertz CT molecular complexity index is 799. The molecular weight excluding hydrogens is 268 g/mol. The van der Waals surface area contributed by atoms with Crippen molar-refractivity contribution < 1.29 is 0 Å². The maximum absolute atomic E-state index is 8.69. The lowest BCUT2D eigenvalue weighted by atomic mass is 10.3. The van der Waals surface area contributed by atoms with E-state index in [1.54, 1.807) is 12.5 Å². The van der Waals surface area contributed by atoms with Crippen LogP contribution in [-0.2, 0) is 6.54 Å². The van der Waals surface area contributed by atoms with Crippen LogP contribution in [0.4, 0.5) is 11.6 Å². The number of pyridine rings is 1. The summed E-state index contributed by atoms with van der Waals surface area (Å²) in [5.41, 5.74) is 7.59. The van der Waals surface area contributed by atoms with E-state index in [2.05, 4.69) is 25.3 Å². The Hall–Kier alpha value is -3.05. The van der Waals surface area contributed by atoms with Crippen molar-refractivity contribution in [2.24, 2.45) is 5.73 Å². The molecule has 0 aliphatic carbocycles. The number of nitrogens with zero attached hydrogens (tertiary/aromatic N) is 6. The minimum absolute atomic E-state index is 0.269. The molecule has 0 aliphatic heterocycles. The van der Waals surface area contributed by atoms with Gasteiger partial charge in [-0.15, -0.1) is 0 Å². The topological polar surface area (TPSA) is 118 Å². The standard InChI is InChI=1S/C13H12N8/c14-1-2-21-8-19-10-6-18-12(3-11(10)21)20-13-7-16-9(4-15)5-17-13/h3,5-8H,1-2,14H2,(H,17,18,20). The lowest BCUT2D eigenvalue weighted by Gasteiger charge is -2.05. The summed E-state index contributed by atoms with van der Waals surface area (Å²) in [6, 6.07) is 3.79. The first-order chi connectivity index (χ1) is 10.3. The lowest BCUT2D eigenvalue weighted by molar-refractivity contribution is 0.728. The smallest absolute Gasteiger partial charge is 0.158 e. The van der Waals surface area contributed by atoms with Crippen molar-refractivity contribution in [2.45, 2.75) is 6.54 Å². The van der Waals surface area contributed by atoms with Gasteiger partial charge in [-0.05, 0) is 0 Å². The van der Waals surface area contributed by atoms with Crippen LogP contribution in [0, 0.1) is 11.3 Å². The van der Waals surface area contributed by atoms with Gasteiger partial charge < -0.3 is 15.6 Å². The normalized spacial score (nSPS) is 10.5. The molecule has 3 N–H and O–H groups in total. The molecule has 0 bridgehead atoms. The Kier molecular flexibility index (Phi) is 3.41. The molecule has 0 fully saturated rings. The molecule has 0 amide bonds. The Balaban J connectivity index is 1.89. The molecule has 3 heterocycles. The molecule has 8 heteroatoms. The van der Waals surface area contributed by atoms with E-state index >= 15 is 0 Å². The highest BCUT2D eigenvalue weighted by Gasteiger charge is 2.05. The number of anilines is 2. The van der Waals surface area contributed by atoms with Crippen LogP contribution in [0.3, 0.4) is 0 Å². The molecule has 21 heavy (non-hydrogen) atoms. The van der Waals surface area contributed by atoms with E-state index in [0.717, 1.165) is 11.0 Å². The summed E-state index contributed by atoms with van der Waals surface area (Å²) < 4.78 is 1.96. The van der Waals surface area contributed by atoms with Crippen LogP contribution in [0.1, 0.15) is 5.69 Å². The summed E-state index contributed by atoms with van der Waals surface area (Å²) in [6.07, 6.45) is 6.31. The van der Waals surface area contributed by atoms with Crippen molar-refractivity contribution in [3.63, 3.8) is 0 Å². The largest absolute Gasteiger partial charge is 0.329 e. The second-order valence-corrected chi connectivity index (χ2v) is 4.31. The van der Waals surface area contributed by atoms with Gasteiger partial charge in [0.25, 0.3) is 0 Å². The predicted molar refractivity (Wildman–Crippen MR) is 76.6 cm³/mol. The first-order valence-corrected chi connectivity index (χ1v) is 6.30. The van der Waals surface area contributed by atoms with E-state index < -0.39 is 0 Å². The molecule has 0 aromatic carbocycles. The second kappa shape index (κ2) is 5.52. The van der Waals surface area contributed by atoms with Crippen molar-refractivity contribution in [1.29, 1.82) is 5.26 Å². The Labute approximate surface area is 120 Å². The third kappa shape index (κ3) is 2.63. The maximum atomic E-state index is 8.69. The molecule has 3 rings (SSSR count). The fourth-order valence-electron chi connectivity index (χ4n) is 1.93. The number of rotatable bonds is 4. The van der Waals surface area contributed by atoms with Gasteiger partial charge in [-0.25, -0.2) is 19.9 Å². The molecule has 0 aliphatic rings. The first kappa shape index (κ1) is 13.0. The van der Waals surface area contributed by atoms with Gasteiger partial charge in [-0.1, -0.05) is 0 Å². The summed E-state index contributed by atoms with van der Waals surface area (Å²) in [7, 11) is 0. The quantitative estimate of drug-likeness (QED) is 0.725. The van der Waals surface area contributed by atoms with Gasteiger partial charge in [0.15, 0.2) is 5.69 Å². The number of nitriles is 1. The zero-order valence-electron chi connectivity index (χ0n) is 11.1. The molecule has 104 valence electrons. The monoisotopic (exact) mass is 280 g/mol. The molecule has 0 saturated heterocycles. The predicted octanol–water partition coefficient (Wildman–Crippen LogP) is 0.795. The summed E-state index contributed by atoms with van der Waals surface area (Å²) in [4.78, 5) is 16.6. The molecule has 0 spiro atoms. The molecule has 3 aromatic rings.